The van der Waals surface area contributed by atoms with Gasteiger partial charge in [-0.1, -0.05) is 42.5 Å². The van der Waals surface area contributed by atoms with Crippen LogP contribution in [-0.2, 0) is 4.74 Å². The number of amides is 1. The van der Waals surface area contributed by atoms with Crippen molar-refractivity contribution in [3.63, 3.8) is 0 Å². The molecule has 0 saturated carbocycles. The van der Waals surface area contributed by atoms with Crippen LogP contribution in [0.3, 0.4) is 0 Å². The summed E-state index contributed by atoms with van der Waals surface area (Å²) < 4.78 is 5.26. The predicted octanol–water partition coefficient (Wildman–Crippen LogP) is 2.87. The lowest BCUT2D eigenvalue weighted by atomic mass is 10.0. The van der Waals surface area contributed by atoms with Crippen LogP contribution in [0.4, 0.5) is 0 Å². The third-order valence-corrected chi connectivity index (χ3v) is 3.52. The van der Waals surface area contributed by atoms with Crippen LogP contribution >= 0.6 is 0 Å². The molecule has 0 aromatic heterocycles. The highest BCUT2D eigenvalue weighted by atomic mass is 16.5. The Balaban J connectivity index is 1.71. The molecule has 3 nitrogen and oxygen atoms in total. The van der Waals surface area contributed by atoms with Crippen LogP contribution in [0.5, 0.6) is 0 Å². The molecular formula is C17H17NO2. The number of nitrogens with one attached hydrogen (secondary N) is 1. The first-order valence-electron chi connectivity index (χ1n) is 6.87. The van der Waals surface area contributed by atoms with Gasteiger partial charge in [-0.3, -0.25) is 4.79 Å². The van der Waals surface area contributed by atoms with Gasteiger partial charge in [0.05, 0.1) is 12.6 Å². The average Bonchev–Trinajstić information content (AvgIpc) is 3.01. The zero-order valence-corrected chi connectivity index (χ0v) is 11.2. The first-order valence-corrected chi connectivity index (χ1v) is 6.87. The van der Waals surface area contributed by atoms with Gasteiger partial charge in [-0.25, -0.2) is 0 Å². The van der Waals surface area contributed by atoms with E-state index >= 15 is 0 Å². The van der Waals surface area contributed by atoms with Crippen LogP contribution in [0.15, 0.2) is 54.6 Å². The summed E-state index contributed by atoms with van der Waals surface area (Å²) in [5.41, 5.74) is 2.96. The van der Waals surface area contributed by atoms with Crippen LogP contribution < -0.4 is 5.32 Å². The standard InChI is InChI=1S/C17H17NO2/c19-17(18-16-10-11-20-12-16)15-8-6-14(7-9-15)13-4-2-1-3-5-13/h1-9,16H,10-12H2,(H,18,19). The second-order valence-electron chi connectivity index (χ2n) is 4.98. The minimum absolute atomic E-state index is 0.0277. The number of hydrogen-bond donors (Lipinski definition) is 1. The van der Waals surface area contributed by atoms with E-state index in [1.807, 2.05) is 42.5 Å². The van der Waals surface area contributed by atoms with E-state index in [1.54, 1.807) is 0 Å². The summed E-state index contributed by atoms with van der Waals surface area (Å²) in [5, 5.41) is 2.99. The molecule has 20 heavy (non-hydrogen) atoms. The van der Waals surface area contributed by atoms with Gasteiger partial charge in [-0.05, 0) is 29.7 Å². The van der Waals surface area contributed by atoms with Crippen LogP contribution in [-0.4, -0.2) is 25.2 Å². The van der Waals surface area contributed by atoms with Crippen LogP contribution in [0, 0.1) is 0 Å². The highest BCUT2D eigenvalue weighted by molar-refractivity contribution is 5.94. The van der Waals surface area contributed by atoms with Gasteiger partial charge in [0.15, 0.2) is 0 Å². The van der Waals surface area contributed by atoms with Crippen molar-refractivity contribution in [2.75, 3.05) is 13.2 Å². The zero-order chi connectivity index (χ0) is 13.8. The Labute approximate surface area is 118 Å². The number of carbonyl (C=O) groups excluding carboxylic acids is 1. The molecule has 0 radical (unpaired) electrons. The molecule has 1 fully saturated rings. The molecule has 0 aliphatic carbocycles. The smallest absolute Gasteiger partial charge is 0.251 e. The molecule has 2 aromatic carbocycles. The first-order chi connectivity index (χ1) is 9.83. The molecule has 3 rings (SSSR count). The Morgan fingerprint density at radius 2 is 1.70 bits per heavy atom. The van der Waals surface area contributed by atoms with E-state index in [0.29, 0.717) is 12.2 Å². The van der Waals surface area contributed by atoms with Gasteiger partial charge in [0, 0.05) is 12.2 Å². The second kappa shape index (κ2) is 5.88. The van der Waals surface area contributed by atoms with Crippen molar-refractivity contribution in [3.05, 3.63) is 60.2 Å². The third kappa shape index (κ3) is 2.89. The zero-order valence-electron chi connectivity index (χ0n) is 11.2. The molecule has 102 valence electrons. The van der Waals surface area contributed by atoms with E-state index in [0.717, 1.165) is 24.2 Å². The lowest BCUT2D eigenvalue weighted by Gasteiger charge is -2.11. The lowest BCUT2D eigenvalue weighted by molar-refractivity contribution is 0.0930. The summed E-state index contributed by atoms with van der Waals surface area (Å²) in [7, 11) is 0. The summed E-state index contributed by atoms with van der Waals surface area (Å²) in [6.45, 7) is 1.35. The predicted molar refractivity (Wildman–Crippen MR) is 78.6 cm³/mol. The molecular weight excluding hydrogens is 250 g/mol. The molecule has 0 bridgehead atoms. The maximum absolute atomic E-state index is 12.1. The van der Waals surface area contributed by atoms with Gasteiger partial charge in [-0.2, -0.15) is 0 Å². The van der Waals surface area contributed by atoms with Crippen molar-refractivity contribution in [1.29, 1.82) is 0 Å². The van der Waals surface area contributed by atoms with E-state index in [-0.39, 0.29) is 11.9 Å². The largest absolute Gasteiger partial charge is 0.379 e. The minimum Gasteiger partial charge on any atom is -0.379 e. The fraction of sp³-hybridized carbons (Fsp3) is 0.235. The Morgan fingerprint density at radius 1 is 1.00 bits per heavy atom. The van der Waals surface area contributed by atoms with E-state index in [1.165, 1.54) is 0 Å². The van der Waals surface area contributed by atoms with Crippen LogP contribution in [0.1, 0.15) is 16.8 Å². The molecule has 0 spiro atoms. The van der Waals surface area contributed by atoms with E-state index < -0.39 is 0 Å². The number of carbonyl (C=O) groups is 1. The molecule has 3 heteroatoms. The van der Waals surface area contributed by atoms with Gasteiger partial charge in [0.1, 0.15) is 0 Å². The molecule has 1 heterocycles. The fourth-order valence-corrected chi connectivity index (χ4v) is 2.36. The third-order valence-electron chi connectivity index (χ3n) is 3.52. The number of hydrogen-bond acceptors (Lipinski definition) is 2. The molecule has 1 atom stereocenters. The summed E-state index contributed by atoms with van der Waals surface area (Å²) in [6.07, 6.45) is 0.897. The maximum atomic E-state index is 12.1. The molecule has 1 N–H and O–H groups in total. The average molecular weight is 267 g/mol. The molecule has 2 aromatic rings. The number of benzene rings is 2. The minimum atomic E-state index is -0.0277. The molecule has 1 unspecified atom stereocenters. The van der Waals surface area contributed by atoms with Crippen molar-refractivity contribution in [1.82, 2.24) is 5.32 Å². The van der Waals surface area contributed by atoms with E-state index in [4.69, 9.17) is 4.74 Å². The van der Waals surface area contributed by atoms with Crippen molar-refractivity contribution in [3.8, 4) is 11.1 Å². The van der Waals surface area contributed by atoms with Gasteiger partial charge < -0.3 is 10.1 Å². The molecule has 1 amide bonds. The normalized spacial score (nSPS) is 17.9. The lowest BCUT2D eigenvalue weighted by Crippen LogP contribution is -2.34. The highest BCUT2D eigenvalue weighted by Gasteiger charge is 2.18. The van der Waals surface area contributed by atoms with Crippen LogP contribution in [0.2, 0.25) is 0 Å². The Morgan fingerprint density at radius 3 is 2.35 bits per heavy atom. The summed E-state index contributed by atoms with van der Waals surface area (Å²) in [5.74, 6) is -0.0277. The van der Waals surface area contributed by atoms with Crippen molar-refractivity contribution < 1.29 is 9.53 Å². The molecule has 1 aliphatic rings. The van der Waals surface area contributed by atoms with Crippen molar-refractivity contribution in [2.24, 2.45) is 0 Å². The second-order valence-corrected chi connectivity index (χ2v) is 4.98. The van der Waals surface area contributed by atoms with Crippen LogP contribution in [0.25, 0.3) is 11.1 Å². The fourth-order valence-electron chi connectivity index (χ4n) is 2.36. The quantitative estimate of drug-likeness (QED) is 0.928. The Bertz CT molecular complexity index is 572. The first kappa shape index (κ1) is 12.9. The Kier molecular flexibility index (Phi) is 3.79. The van der Waals surface area contributed by atoms with Gasteiger partial charge in [0.2, 0.25) is 0 Å². The number of rotatable bonds is 3. The van der Waals surface area contributed by atoms with Gasteiger partial charge >= 0.3 is 0 Å². The Hall–Kier alpha value is -2.13. The monoisotopic (exact) mass is 267 g/mol. The summed E-state index contributed by atoms with van der Waals surface area (Å²) >= 11 is 0. The summed E-state index contributed by atoms with van der Waals surface area (Å²) in [4.78, 5) is 12.1. The summed E-state index contributed by atoms with van der Waals surface area (Å²) in [6, 6.07) is 18.0. The highest BCUT2D eigenvalue weighted by Crippen LogP contribution is 2.19. The molecule has 1 saturated heterocycles. The van der Waals surface area contributed by atoms with Crippen molar-refractivity contribution >= 4 is 5.91 Å². The molecule has 1 aliphatic heterocycles. The topological polar surface area (TPSA) is 38.3 Å². The van der Waals surface area contributed by atoms with Crippen molar-refractivity contribution in [2.45, 2.75) is 12.5 Å². The SMILES string of the molecule is O=C(NC1CCOC1)c1ccc(-c2ccccc2)cc1. The maximum Gasteiger partial charge on any atom is 0.251 e. The number of ether oxygens (including phenoxy) is 1. The van der Waals surface area contributed by atoms with E-state index in [2.05, 4.69) is 17.4 Å². The van der Waals surface area contributed by atoms with Gasteiger partial charge in [0.25, 0.3) is 5.91 Å². The van der Waals surface area contributed by atoms with Gasteiger partial charge in [-0.15, -0.1) is 0 Å². The van der Waals surface area contributed by atoms with E-state index in [9.17, 15) is 4.79 Å².